The number of guanidine groups is 1. The van der Waals surface area contributed by atoms with Crippen molar-refractivity contribution in [3.63, 3.8) is 0 Å². The van der Waals surface area contributed by atoms with Gasteiger partial charge in [-0.2, -0.15) is 17.6 Å². The van der Waals surface area contributed by atoms with Gasteiger partial charge in [-0.3, -0.25) is 0 Å². The molecule has 0 unspecified atom stereocenters. The second-order valence-corrected chi connectivity index (χ2v) is 4.30. The highest BCUT2D eigenvalue weighted by Crippen LogP contribution is 2.04. The maximum Gasteiger partial charge on any atom is 0.221 e. The number of aliphatic imine (C=N–C) groups is 2. The van der Waals surface area contributed by atoms with Gasteiger partial charge in [0.2, 0.25) is 5.96 Å². The van der Waals surface area contributed by atoms with Crippen LogP contribution in [0.4, 0.5) is 0 Å². The van der Waals surface area contributed by atoms with Crippen LogP contribution >= 0.6 is 12.6 Å². The molecule has 110 valence electrons. The van der Waals surface area contributed by atoms with E-state index in [1.165, 1.54) is 0 Å². The van der Waals surface area contributed by atoms with Gasteiger partial charge >= 0.3 is 0 Å². The predicted molar refractivity (Wildman–Crippen MR) is 93.2 cm³/mol. The van der Waals surface area contributed by atoms with Gasteiger partial charge in [0, 0.05) is 5.70 Å². The second-order valence-electron chi connectivity index (χ2n) is 3.85. The molecular formula is C15H24N4S. The molecule has 0 rings (SSSR count). The number of rotatable bonds is 9. The zero-order valence-electron chi connectivity index (χ0n) is 12.0. The predicted octanol–water partition coefficient (Wildman–Crippen LogP) is 3.18. The van der Waals surface area contributed by atoms with Crippen LogP contribution in [0.25, 0.3) is 0 Å². The molecule has 5 heteroatoms. The number of allylic oxidation sites excluding steroid dienone is 5. The van der Waals surface area contributed by atoms with E-state index in [2.05, 4.69) is 47.3 Å². The summed E-state index contributed by atoms with van der Waals surface area (Å²) in [6.45, 7) is 9.09. The highest BCUT2D eigenvalue weighted by atomic mass is 32.1. The van der Waals surface area contributed by atoms with Crippen LogP contribution in [0, 0.1) is 0 Å². The van der Waals surface area contributed by atoms with Crippen molar-refractivity contribution in [2.45, 2.75) is 26.2 Å². The molecule has 0 heterocycles. The van der Waals surface area contributed by atoms with Crippen molar-refractivity contribution in [1.29, 1.82) is 0 Å². The summed E-state index contributed by atoms with van der Waals surface area (Å²) in [7, 11) is 0. The Morgan fingerprint density at radius 3 is 2.70 bits per heavy atom. The molecule has 0 radical (unpaired) electrons. The third-order valence-electron chi connectivity index (χ3n) is 2.16. The molecule has 0 amide bonds. The number of hydrogen-bond donors (Lipinski definition) is 3. The third-order valence-corrected chi connectivity index (χ3v) is 2.42. The maximum atomic E-state index is 5.58. The van der Waals surface area contributed by atoms with Crippen molar-refractivity contribution in [2.24, 2.45) is 15.7 Å². The molecule has 0 spiro atoms. The van der Waals surface area contributed by atoms with E-state index in [9.17, 15) is 0 Å². The summed E-state index contributed by atoms with van der Waals surface area (Å²) in [4.78, 5) is 7.75. The normalized spacial score (nSPS) is 13.6. The SMILES string of the molecule is C=CC/C=C(\C=C/CCS)NC(=C/CC)/N=C(/N)N=C. The standard InChI is InChI=1S/C15H24N4S/c1-4-6-10-13(11-7-8-12-20)18-14(9-5-2)19-15(16)17-3/h4,7,9-11,18,20H,1,3,5-6,8,12H2,2H3,(H2,16,19)/b11-7-,13-10+,14-9-. The van der Waals surface area contributed by atoms with Crippen LogP contribution in [0.15, 0.2) is 58.5 Å². The molecule has 0 aromatic carbocycles. The van der Waals surface area contributed by atoms with E-state index in [1.807, 2.05) is 31.2 Å². The van der Waals surface area contributed by atoms with E-state index in [-0.39, 0.29) is 5.96 Å². The van der Waals surface area contributed by atoms with Gasteiger partial charge in [-0.1, -0.05) is 25.2 Å². The Morgan fingerprint density at radius 2 is 2.15 bits per heavy atom. The highest BCUT2D eigenvalue weighted by molar-refractivity contribution is 7.80. The molecule has 3 N–H and O–H groups in total. The minimum atomic E-state index is 0.139. The van der Waals surface area contributed by atoms with Gasteiger partial charge in [-0.25, -0.2) is 4.99 Å². The van der Waals surface area contributed by atoms with E-state index in [4.69, 9.17) is 5.73 Å². The topological polar surface area (TPSA) is 62.8 Å². The monoisotopic (exact) mass is 292 g/mol. The number of hydrogen-bond acceptors (Lipinski definition) is 3. The minimum absolute atomic E-state index is 0.139. The Bertz CT molecular complexity index is 420. The summed E-state index contributed by atoms with van der Waals surface area (Å²) in [6.07, 6.45) is 12.4. The number of nitrogens with zero attached hydrogens (tertiary/aromatic N) is 2. The molecule has 0 aromatic rings. The fraction of sp³-hybridized carbons (Fsp3) is 0.333. The van der Waals surface area contributed by atoms with Gasteiger partial charge < -0.3 is 11.1 Å². The maximum absolute atomic E-state index is 5.58. The number of nitrogens with one attached hydrogen (secondary N) is 1. The van der Waals surface area contributed by atoms with Crippen LogP contribution in [0.3, 0.4) is 0 Å². The first-order valence-electron chi connectivity index (χ1n) is 6.54. The first kappa shape index (κ1) is 18.2. The second kappa shape index (κ2) is 12.3. The summed E-state index contributed by atoms with van der Waals surface area (Å²) in [5, 5.41) is 3.22. The summed E-state index contributed by atoms with van der Waals surface area (Å²) in [6, 6.07) is 0. The van der Waals surface area contributed by atoms with Crippen LogP contribution in [0.1, 0.15) is 26.2 Å². The molecule has 20 heavy (non-hydrogen) atoms. The van der Waals surface area contributed by atoms with E-state index in [0.717, 1.165) is 30.7 Å². The zero-order chi connectivity index (χ0) is 15.2. The molecule has 0 atom stereocenters. The van der Waals surface area contributed by atoms with Crippen LogP contribution in [0.2, 0.25) is 0 Å². The minimum Gasteiger partial charge on any atom is -0.368 e. The van der Waals surface area contributed by atoms with Crippen molar-refractivity contribution in [3.8, 4) is 0 Å². The summed E-state index contributed by atoms with van der Waals surface area (Å²) in [5.74, 6) is 1.61. The first-order chi connectivity index (χ1) is 9.67. The number of thiol groups is 1. The quantitative estimate of drug-likeness (QED) is 0.201. The Labute approximate surface area is 127 Å². The fourth-order valence-corrected chi connectivity index (χ4v) is 1.43. The van der Waals surface area contributed by atoms with Crippen molar-refractivity contribution < 1.29 is 0 Å². The molecule has 0 aliphatic rings. The summed E-state index contributed by atoms with van der Waals surface area (Å²) >= 11 is 4.18. The lowest BCUT2D eigenvalue weighted by Gasteiger charge is -2.08. The average Bonchev–Trinajstić information content (AvgIpc) is 2.44. The van der Waals surface area contributed by atoms with Gasteiger partial charge in [-0.05, 0) is 43.9 Å². The molecule has 0 saturated carbocycles. The van der Waals surface area contributed by atoms with Crippen LogP contribution in [0.5, 0.6) is 0 Å². The van der Waals surface area contributed by atoms with E-state index < -0.39 is 0 Å². The molecule has 4 nitrogen and oxygen atoms in total. The van der Waals surface area contributed by atoms with Crippen LogP contribution < -0.4 is 11.1 Å². The lowest BCUT2D eigenvalue weighted by atomic mass is 10.2. The van der Waals surface area contributed by atoms with E-state index in [1.54, 1.807) is 0 Å². The lowest BCUT2D eigenvalue weighted by molar-refractivity contribution is 0.943. The van der Waals surface area contributed by atoms with E-state index >= 15 is 0 Å². The van der Waals surface area contributed by atoms with Gasteiger partial charge in [0.15, 0.2) is 0 Å². The van der Waals surface area contributed by atoms with E-state index in [0.29, 0.717) is 5.82 Å². The van der Waals surface area contributed by atoms with Crippen molar-refractivity contribution in [1.82, 2.24) is 5.32 Å². The molecule has 0 aromatic heterocycles. The van der Waals surface area contributed by atoms with Gasteiger partial charge in [0.05, 0.1) is 0 Å². The molecule has 0 fully saturated rings. The fourth-order valence-electron chi connectivity index (χ4n) is 1.28. The Morgan fingerprint density at radius 1 is 1.40 bits per heavy atom. The Balaban J connectivity index is 5.03. The smallest absolute Gasteiger partial charge is 0.221 e. The van der Waals surface area contributed by atoms with Crippen molar-refractivity contribution in [2.75, 3.05) is 5.75 Å². The Kier molecular flexibility index (Phi) is 11.2. The summed E-state index contributed by atoms with van der Waals surface area (Å²) in [5.41, 5.74) is 6.51. The lowest BCUT2D eigenvalue weighted by Crippen LogP contribution is -2.15. The summed E-state index contributed by atoms with van der Waals surface area (Å²) < 4.78 is 0. The highest BCUT2D eigenvalue weighted by Gasteiger charge is 1.98. The average molecular weight is 292 g/mol. The molecule has 0 aliphatic carbocycles. The van der Waals surface area contributed by atoms with Gasteiger partial charge in [0.1, 0.15) is 5.82 Å². The van der Waals surface area contributed by atoms with Gasteiger partial charge in [-0.15, -0.1) is 6.58 Å². The zero-order valence-corrected chi connectivity index (χ0v) is 12.9. The largest absolute Gasteiger partial charge is 0.368 e. The van der Waals surface area contributed by atoms with Crippen molar-refractivity contribution >= 4 is 25.3 Å². The van der Waals surface area contributed by atoms with Crippen molar-refractivity contribution in [3.05, 3.63) is 48.5 Å². The van der Waals surface area contributed by atoms with Crippen LogP contribution in [-0.4, -0.2) is 18.4 Å². The van der Waals surface area contributed by atoms with Gasteiger partial charge in [0.25, 0.3) is 0 Å². The first-order valence-corrected chi connectivity index (χ1v) is 7.17. The van der Waals surface area contributed by atoms with Crippen LogP contribution in [-0.2, 0) is 0 Å². The molecule has 0 saturated heterocycles. The third kappa shape index (κ3) is 9.22. The molecule has 0 aliphatic heterocycles. The Hall–Kier alpha value is -1.75. The number of nitrogens with two attached hydrogens (primary N) is 1. The molecule has 0 bridgehead atoms. The molecular weight excluding hydrogens is 268 g/mol.